The van der Waals surface area contributed by atoms with Gasteiger partial charge in [0, 0.05) is 12.1 Å². The predicted molar refractivity (Wildman–Crippen MR) is 56.7 cm³/mol. The van der Waals surface area contributed by atoms with Crippen LogP contribution in [0.5, 0.6) is 0 Å². The van der Waals surface area contributed by atoms with E-state index in [2.05, 4.69) is 6.92 Å². The number of aromatic nitrogens is 1. The van der Waals surface area contributed by atoms with Crippen molar-refractivity contribution >= 4 is 0 Å². The summed E-state index contributed by atoms with van der Waals surface area (Å²) in [7, 11) is 1.98. The van der Waals surface area contributed by atoms with Gasteiger partial charge in [0.05, 0.1) is 5.60 Å². The second kappa shape index (κ2) is 6.43. The summed E-state index contributed by atoms with van der Waals surface area (Å²) in [5.74, 6) is 0. The lowest BCUT2D eigenvalue weighted by atomic mass is 9.91. The van der Waals surface area contributed by atoms with Crippen LogP contribution in [0.2, 0.25) is 0 Å². The highest BCUT2D eigenvalue weighted by atomic mass is 127. The molecule has 0 bridgehead atoms. The van der Waals surface area contributed by atoms with Crippen LogP contribution in [-0.2, 0) is 12.6 Å². The van der Waals surface area contributed by atoms with E-state index in [9.17, 15) is 5.11 Å². The van der Waals surface area contributed by atoms with E-state index in [-0.39, 0.29) is 24.0 Å². The third-order valence-corrected chi connectivity index (χ3v) is 2.62. The Kier molecular flexibility index (Phi) is 6.36. The van der Waals surface area contributed by atoms with Crippen molar-refractivity contribution < 1.29 is 33.7 Å². The van der Waals surface area contributed by atoms with Gasteiger partial charge in [-0.3, -0.25) is 0 Å². The molecule has 0 spiro atoms. The van der Waals surface area contributed by atoms with Gasteiger partial charge in [-0.1, -0.05) is 19.8 Å². The van der Waals surface area contributed by atoms with E-state index in [1.807, 2.05) is 43.1 Å². The smallest absolute Gasteiger partial charge is 0.168 e. The van der Waals surface area contributed by atoms with Crippen molar-refractivity contribution in [1.82, 2.24) is 0 Å². The van der Waals surface area contributed by atoms with Crippen molar-refractivity contribution in [2.75, 3.05) is 0 Å². The predicted octanol–water partition coefficient (Wildman–Crippen LogP) is -1.09. The Morgan fingerprint density at radius 3 is 2.33 bits per heavy atom. The first-order valence-corrected chi connectivity index (χ1v) is 5.24. The summed E-state index contributed by atoms with van der Waals surface area (Å²) >= 11 is 0. The zero-order valence-electron chi connectivity index (χ0n) is 9.70. The molecular formula is C12H20INO. The molecule has 0 aromatic carbocycles. The van der Waals surface area contributed by atoms with Gasteiger partial charge in [-0.25, -0.2) is 4.57 Å². The van der Waals surface area contributed by atoms with Crippen LogP contribution in [0.25, 0.3) is 0 Å². The first-order chi connectivity index (χ1) is 6.56. The van der Waals surface area contributed by atoms with Crippen molar-refractivity contribution in [1.29, 1.82) is 0 Å². The summed E-state index contributed by atoms with van der Waals surface area (Å²) in [5.41, 5.74) is 0.327. The highest BCUT2D eigenvalue weighted by Gasteiger charge is 2.22. The lowest BCUT2D eigenvalue weighted by Gasteiger charge is -2.22. The molecule has 1 aromatic rings. The fourth-order valence-corrected chi connectivity index (χ4v) is 1.53. The largest absolute Gasteiger partial charge is 1.00 e. The molecule has 0 aliphatic carbocycles. The van der Waals surface area contributed by atoms with Crippen LogP contribution in [0.15, 0.2) is 24.5 Å². The molecule has 0 radical (unpaired) electrons. The maximum absolute atomic E-state index is 10.2. The van der Waals surface area contributed by atoms with Crippen LogP contribution in [0.4, 0.5) is 0 Å². The normalized spacial score (nSPS) is 14.1. The van der Waals surface area contributed by atoms with Crippen LogP contribution >= 0.6 is 0 Å². The molecule has 1 heterocycles. The van der Waals surface area contributed by atoms with Gasteiger partial charge in [0.15, 0.2) is 12.4 Å². The molecule has 2 nitrogen and oxygen atoms in total. The molecule has 0 aliphatic heterocycles. The molecule has 0 amide bonds. The zero-order valence-corrected chi connectivity index (χ0v) is 11.9. The van der Waals surface area contributed by atoms with E-state index in [1.54, 1.807) is 0 Å². The van der Waals surface area contributed by atoms with Gasteiger partial charge < -0.3 is 29.1 Å². The number of hydrogen-bond donors (Lipinski definition) is 1. The van der Waals surface area contributed by atoms with E-state index in [0.717, 1.165) is 24.8 Å². The summed E-state index contributed by atoms with van der Waals surface area (Å²) in [4.78, 5) is 0. The minimum absolute atomic E-state index is 0. The molecule has 1 unspecified atom stereocenters. The van der Waals surface area contributed by atoms with Crippen molar-refractivity contribution in [2.24, 2.45) is 7.05 Å². The average molecular weight is 321 g/mol. The summed E-state index contributed by atoms with van der Waals surface area (Å²) in [6.07, 6.45) is 6.95. The topological polar surface area (TPSA) is 24.1 Å². The van der Waals surface area contributed by atoms with Gasteiger partial charge in [0.1, 0.15) is 7.05 Å². The minimum Gasteiger partial charge on any atom is -1.00 e. The molecule has 3 heteroatoms. The van der Waals surface area contributed by atoms with E-state index in [1.165, 1.54) is 0 Å². The Bertz CT molecular complexity index is 282. The van der Waals surface area contributed by atoms with Crippen LogP contribution in [0, 0.1) is 0 Å². The molecule has 0 fully saturated rings. The molecule has 15 heavy (non-hydrogen) atoms. The molecule has 0 saturated heterocycles. The number of rotatable bonds is 4. The number of pyridine rings is 1. The summed E-state index contributed by atoms with van der Waals surface area (Å²) < 4.78 is 1.97. The highest BCUT2D eigenvalue weighted by molar-refractivity contribution is 5.16. The van der Waals surface area contributed by atoms with Crippen molar-refractivity contribution in [3.8, 4) is 0 Å². The quantitative estimate of drug-likeness (QED) is 0.553. The van der Waals surface area contributed by atoms with E-state index < -0.39 is 5.60 Å². The summed E-state index contributed by atoms with van der Waals surface area (Å²) in [6, 6.07) is 3.96. The standard InChI is InChI=1S/C12H20NO.HI/c1-4-5-8-12(2,14)11-6-9-13(3)10-7-11;/h6-7,9-10,14H,4-5,8H2,1-3H3;1H/q+1;/p-1. The lowest BCUT2D eigenvalue weighted by Crippen LogP contribution is -3.00. The maximum atomic E-state index is 10.2. The number of hydrogen-bond acceptors (Lipinski definition) is 1. The van der Waals surface area contributed by atoms with Crippen LogP contribution in [-0.4, -0.2) is 5.11 Å². The van der Waals surface area contributed by atoms with Gasteiger partial charge in [-0.2, -0.15) is 0 Å². The number of aliphatic hydroxyl groups is 1. The number of nitrogens with zero attached hydrogens (tertiary/aromatic N) is 1. The molecule has 86 valence electrons. The molecule has 1 atom stereocenters. The Morgan fingerprint density at radius 1 is 1.33 bits per heavy atom. The van der Waals surface area contributed by atoms with E-state index >= 15 is 0 Å². The van der Waals surface area contributed by atoms with E-state index in [0.29, 0.717) is 0 Å². The minimum atomic E-state index is -0.676. The fourth-order valence-electron chi connectivity index (χ4n) is 1.53. The maximum Gasteiger partial charge on any atom is 0.168 e. The van der Waals surface area contributed by atoms with Crippen molar-refractivity contribution in [3.05, 3.63) is 30.1 Å². The number of halogens is 1. The lowest BCUT2D eigenvalue weighted by molar-refractivity contribution is -0.671. The third-order valence-electron chi connectivity index (χ3n) is 2.62. The van der Waals surface area contributed by atoms with Crippen molar-refractivity contribution in [2.45, 2.75) is 38.7 Å². The highest BCUT2D eigenvalue weighted by Crippen LogP contribution is 2.25. The molecular weight excluding hydrogens is 301 g/mol. The zero-order chi connectivity index (χ0) is 10.6. The Balaban J connectivity index is 0.00000196. The number of aryl methyl sites for hydroxylation is 1. The van der Waals surface area contributed by atoms with Crippen LogP contribution < -0.4 is 28.5 Å². The average Bonchev–Trinajstić information content (AvgIpc) is 2.16. The molecule has 1 N–H and O–H groups in total. The first-order valence-electron chi connectivity index (χ1n) is 5.24. The van der Waals surface area contributed by atoms with Gasteiger partial charge in [0.25, 0.3) is 0 Å². The SMILES string of the molecule is CCCCC(C)(O)c1cc[n+](C)cc1.[I-]. The Labute approximate surface area is 109 Å². The molecule has 1 rings (SSSR count). The van der Waals surface area contributed by atoms with Gasteiger partial charge in [-0.15, -0.1) is 0 Å². The number of unbranched alkanes of at least 4 members (excludes halogenated alkanes) is 1. The monoisotopic (exact) mass is 321 g/mol. The molecule has 0 saturated carbocycles. The summed E-state index contributed by atoms with van der Waals surface area (Å²) in [5, 5.41) is 10.2. The Hall–Kier alpha value is -0.160. The second-order valence-corrected chi connectivity index (χ2v) is 4.13. The molecule has 0 aliphatic rings. The molecule has 1 aromatic heterocycles. The van der Waals surface area contributed by atoms with Gasteiger partial charge >= 0.3 is 0 Å². The summed E-state index contributed by atoms with van der Waals surface area (Å²) in [6.45, 7) is 4.03. The van der Waals surface area contributed by atoms with Crippen LogP contribution in [0.1, 0.15) is 38.7 Å². The van der Waals surface area contributed by atoms with Crippen LogP contribution in [0.3, 0.4) is 0 Å². The third kappa shape index (κ3) is 4.47. The van der Waals surface area contributed by atoms with E-state index in [4.69, 9.17) is 0 Å². The second-order valence-electron chi connectivity index (χ2n) is 4.13. The van der Waals surface area contributed by atoms with Gasteiger partial charge in [0.2, 0.25) is 0 Å². The van der Waals surface area contributed by atoms with Crippen molar-refractivity contribution in [3.63, 3.8) is 0 Å². The van der Waals surface area contributed by atoms with Gasteiger partial charge in [-0.05, 0) is 18.9 Å². The fraction of sp³-hybridized carbons (Fsp3) is 0.583. The Morgan fingerprint density at radius 2 is 1.87 bits per heavy atom. The first kappa shape index (κ1) is 14.8.